The molecule has 1 aromatic carbocycles. The van der Waals surface area contributed by atoms with Gasteiger partial charge in [-0.15, -0.1) is 0 Å². The van der Waals surface area contributed by atoms with E-state index in [1.165, 1.54) is 0 Å². The van der Waals surface area contributed by atoms with Crippen LogP contribution in [-0.2, 0) is 11.8 Å². The topological polar surface area (TPSA) is 103 Å². The van der Waals surface area contributed by atoms with E-state index in [9.17, 15) is 4.79 Å². The van der Waals surface area contributed by atoms with Crippen LogP contribution >= 0.6 is 0 Å². The lowest BCUT2D eigenvalue weighted by molar-refractivity contribution is -0.120. The number of aromatic nitrogens is 4. The van der Waals surface area contributed by atoms with Gasteiger partial charge in [0.25, 0.3) is 0 Å². The molecule has 0 unspecified atom stereocenters. The van der Waals surface area contributed by atoms with Gasteiger partial charge in [0.2, 0.25) is 5.91 Å². The van der Waals surface area contributed by atoms with Gasteiger partial charge in [-0.1, -0.05) is 6.07 Å². The Morgan fingerprint density at radius 3 is 2.79 bits per heavy atom. The molecule has 1 amide bonds. The van der Waals surface area contributed by atoms with Crippen LogP contribution < -0.4 is 10.2 Å². The van der Waals surface area contributed by atoms with Crippen LogP contribution in [0.2, 0.25) is 0 Å². The van der Waals surface area contributed by atoms with Gasteiger partial charge < -0.3 is 10.2 Å². The lowest BCUT2D eigenvalue weighted by atomic mass is 10.2. The van der Waals surface area contributed by atoms with Gasteiger partial charge in [-0.2, -0.15) is 10.4 Å². The van der Waals surface area contributed by atoms with Gasteiger partial charge in [-0.05, 0) is 25.1 Å². The second-order valence-corrected chi connectivity index (χ2v) is 7.08. The first-order valence-corrected chi connectivity index (χ1v) is 9.49. The Morgan fingerprint density at radius 2 is 2.03 bits per heavy atom. The minimum atomic E-state index is -0.272. The second kappa shape index (κ2) is 7.85. The molecule has 4 rings (SSSR count). The molecule has 1 aliphatic rings. The van der Waals surface area contributed by atoms with Crippen LogP contribution in [0, 0.1) is 11.3 Å². The van der Waals surface area contributed by atoms with Crippen LogP contribution in [0.4, 0.5) is 11.5 Å². The van der Waals surface area contributed by atoms with Crippen molar-refractivity contribution in [3.63, 3.8) is 0 Å². The summed E-state index contributed by atoms with van der Waals surface area (Å²) < 4.78 is 1.74. The first kappa shape index (κ1) is 18.8. The Labute approximate surface area is 168 Å². The molecule has 148 valence electrons. The van der Waals surface area contributed by atoms with Gasteiger partial charge in [0.05, 0.1) is 29.3 Å². The van der Waals surface area contributed by atoms with Crippen molar-refractivity contribution in [1.82, 2.24) is 24.6 Å². The highest BCUT2D eigenvalue weighted by Crippen LogP contribution is 2.23. The number of carbonyl (C=O) groups excluding carboxylic acids is 1. The summed E-state index contributed by atoms with van der Waals surface area (Å²) in [5.74, 6) is 0.804. The average Bonchev–Trinajstić information content (AvgIpc) is 3.14. The molecule has 9 nitrogen and oxygen atoms in total. The zero-order valence-electron chi connectivity index (χ0n) is 16.4. The molecule has 0 aliphatic carbocycles. The summed E-state index contributed by atoms with van der Waals surface area (Å²) in [6, 6.07) is 8.75. The molecule has 1 aliphatic heterocycles. The van der Waals surface area contributed by atoms with E-state index >= 15 is 0 Å². The van der Waals surface area contributed by atoms with E-state index in [1.54, 1.807) is 41.5 Å². The molecule has 1 N–H and O–H groups in total. The second-order valence-electron chi connectivity index (χ2n) is 7.08. The Morgan fingerprint density at radius 1 is 1.24 bits per heavy atom. The maximum Gasteiger partial charge on any atom is 0.241 e. The standard InChI is InChI=1S/C20H22N8O/c1-14(20(29)25-16-5-3-4-15(10-16)11-21)27-6-8-28(9-7-27)19-17-12-24-26(2)18(17)22-13-23-19/h3-5,10,12-14H,6-9H2,1-2H3,(H,25,29)/t14-/m1/s1. The smallest absolute Gasteiger partial charge is 0.241 e. The fraction of sp³-hybridized carbons (Fsp3) is 0.350. The van der Waals surface area contributed by atoms with Gasteiger partial charge in [0.1, 0.15) is 12.1 Å². The fourth-order valence-corrected chi connectivity index (χ4v) is 3.60. The molecule has 0 saturated carbocycles. The minimum absolute atomic E-state index is 0.0785. The molecule has 2 aromatic heterocycles. The van der Waals surface area contributed by atoms with Gasteiger partial charge in [-0.3, -0.25) is 14.4 Å². The van der Waals surface area contributed by atoms with E-state index in [0.717, 1.165) is 43.0 Å². The Bertz CT molecular complexity index is 1080. The van der Waals surface area contributed by atoms with Gasteiger partial charge >= 0.3 is 0 Å². The van der Waals surface area contributed by atoms with Crippen molar-refractivity contribution in [2.24, 2.45) is 7.05 Å². The highest BCUT2D eigenvalue weighted by atomic mass is 16.2. The SMILES string of the molecule is C[C@H](C(=O)Nc1cccc(C#N)c1)N1CCN(c2ncnc3c2cnn3C)CC1. The molecule has 1 saturated heterocycles. The van der Waals surface area contributed by atoms with E-state index in [0.29, 0.717) is 11.3 Å². The lowest BCUT2D eigenvalue weighted by Gasteiger charge is -2.38. The van der Waals surface area contributed by atoms with Crippen LogP contribution in [0.25, 0.3) is 11.0 Å². The summed E-state index contributed by atoms with van der Waals surface area (Å²) in [4.78, 5) is 25.8. The average molecular weight is 390 g/mol. The van der Waals surface area contributed by atoms with Crippen molar-refractivity contribution in [3.8, 4) is 6.07 Å². The number of amides is 1. The summed E-state index contributed by atoms with van der Waals surface area (Å²) in [6.45, 7) is 4.94. The van der Waals surface area contributed by atoms with E-state index in [-0.39, 0.29) is 11.9 Å². The van der Waals surface area contributed by atoms with Crippen molar-refractivity contribution < 1.29 is 4.79 Å². The van der Waals surface area contributed by atoms with E-state index in [4.69, 9.17) is 5.26 Å². The molecule has 0 spiro atoms. The number of rotatable bonds is 4. The summed E-state index contributed by atoms with van der Waals surface area (Å²) in [6.07, 6.45) is 3.36. The number of fused-ring (bicyclic) bond motifs is 1. The van der Waals surface area contributed by atoms with Crippen molar-refractivity contribution in [1.29, 1.82) is 5.26 Å². The van der Waals surface area contributed by atoms with Crippen LogP contribution in [0.3, 0.4) is 0 Å². The number of anilines is 2. The molecular weight excluding hydrogens is 368 g/mol. The monoisotopic (exact) mass is 390 g/mol. The third kappa shape index (κ3) is 3.75. The highest BCUT2D eigenvalue weighted by molar-refractivity contribution is 5.94. The predicted molar refractivity (Wildman–Crippen MR) is 109 cm³/mol. The summed E-state index contributed by atoms with van der Waals surface area (Å²) in [7, 11) is 1.86. The fourth-order valence-electron chi connectivity index (χ4n) is 3.60. The predicted octanol–water partition coefficient (Wildman–Crippen LogP) is 1.38. The minimum Gasteiger partial charge on any atom is -0.353 e. The number of nitriles is 1. The number of aryl methyl sites for hydroxylation is 1. The zero-order valence-corrected chi connectivity index (χ0v) is 16.4. The Kier molecular flexibility index (Phi) is 5.10. The van der Waals surface area contributed by atoms with Crippen molar-refractivity contribution in [2.45, 2.75) is 13.0 Å². The third-order valence-electron chi connectivity index (χ3n) is 5.31. The van der Waals surface area contributed by atoms with E-state index in [2.05, 4.69) is 36.3 Å². The normalized spacial score (nSPS) is 15.8. The number of hydrogen-bond donors (Lipinski definition) is 1. The molecule has 1 fully saturated rings. The quantitative estimate of drug-likeness (QED) is 0.718. The van der Waals surface area contributed by atoms with Crippen LogP contribution in [-0.4, -0.2) is 62.8 Å². The van der Waals surface area contributed by atoms with Gasteiger partial charge in [-0.25, -0.2) is 9.97 Å². The summed E-state index contributed by atoms with van der Waals surface area (Å²) in [5, 5.41) is 17.1. The lowest BCUT2D eigenvalue weighted by Crippen LogP contribution is -2.53. The van der Waals surface area contributed by atoms with Crippen molar-refractivity contribution >= 4 is 28.4 Å². The Balaban J connectivity index is 1.39. The van der Waals surface area contributed by atoms with Gasteiger partial charge in [0.15, 0.2) is 5.65 Å². The molecule has 3 heterocycles. The Hall–Kier alpha value is -3.51. The third-order valence-corrected chi connectivity index (χ3v) is 5.31. The molecule has 1 atom stereocenters. The maximum atomic E-state index is 12.7. The molecule has 29 heavy (non-hydrogen) atoms. The largest absolute Gasteiger partial charge is 0.353 e. The zero-order chi connectivity index (χ0) is 20.4. The van der Waals surface area contributed by atoms with Crippen molar-refractivity contribution in [2.75, 3.05) is 36.4 Å². The maximum absolute atomic E-state index is 12.7. The molecule has 3 aromatic rings. The van der Waals surface area contributed by atoms with Crippen LogP contribution in [0.5, 0.6) is 0 Å². The molecule has 9 heteroatoms. The highest BCUT2D eigenvalue weighted by Gasteiger charge is 2.27. The number of benzene rings is 1. The molecule has 0 radical (unpaired) electrons. The molecule has 0 bridgehead atoms. The summed E-state index contributed by atoms with van der Waals surface area (Å²) in [5.41, 5.74) is 1.97. The van der Waals surface area contributed by atoms with Crippen molar-refractivity contribution in [3.05, 3.63) is 42.4 Å². The van der Waals surface area contributed by atoms with Crippen LogP contribution in [0.1, 0.15) is 12.5 Å². The molecular formula is C20H22N8O. The number of carbonyl (C=O) groups is 1. The van der Waals surface area contributed by atoms with E-state index < -0.39 is 0 Å². The first-order chi connectivity index (χ1) is 14.1. The number of piperazine rings is 1. The number of nitrogens with zero attached hydrogens (tertiary/aromatic N) is 7. The summed E-state index contributed by atoms with van der Waals surface area (Å²) >= 11 is 0. The van der Waals surface area contributed by atoms with Gasteiger partial charge in [0, 0.05) is 38.9 Å². The first-order valence-electron chi connectivity index (χ1n) is 9.49. The van der Waals surface area contributed by atoms with Crippen LogP contribution in [0.15, 0.2) is 36.8 Å². The number of nitrogens with one attached hydrogen (secondary N) is 1. The number of hydrogen-bond acceptors (Lipinski definition) is 7. The van der Waals surface area contributed by atoms with E-state index in [1.807, 2.05) is 14.0 Å².